The van der Waals surface area contributed by atoms with Gasteiger partial charge in [-0.05, 0) is 30.3 Å². The first-order chi connectivity index (χ1) is 11.3. The topological polar surface area (TPSA) is 96.4 Å². The third-order valence-electron chi connectivity index (χ3n) is 2.90. The van der Waals surface area contributed by atoms with Crippen molar-refractivity contribution in [1.82, 2.24) is 4.98 Å². The second kappa shape index (κ2) is 6.30. The number of hydrogen-bond acceptors (Lipinski definition) is 6. The van der Waals surface area contributed by atoms with Gasteiger partial charge in [-0.1, -0.05) is 0 Å². The van der Waals surface area contributed by atoms with Crippen LogP contribution in [0.1, 0.15) is 9.67 Å². The van der Waals surface area contributed by atoms with E-state index in [2.05, 4.69) is 9.71 Å². The fraction of sp³-hybridized carbons (Fsp3) is 0. The zero-order valence-electron chi connectivity index (χ0n) is 11.8. The number of aromatic carboxylic acids is 1. The number of thiophene rings is 1. The van der Waals surface area contributed by atoms with Gasteiger partial charge in [-0.25, -0.2) is 22.6 Å². The van der Waals surface area contributed by atoms with Gasteiger partial charge >= 0.3 is 5.97 Å². The van der Waals surface area contributed by atoms with Gasteiger partial charge in [0.2, 0.25) is 0 Å². The van der Waals surface area contributed by atoms with E-state index in [0.717, 1.165) is 22.7 Å². The first-order valence-corrected chi connectivity index (χ1v) is 9.59. The van der Waals surface area contributed by atoms with Gasteiger partial charge in [0.15, 0.2) is 4.21 Å². The maximum Gasteiger partial charge on any atom is 0.345 e. The van der Waals surface area contributed by atoms with Crippen LogP contribution in [0.3, 0.4) is 0 Å². The number of benzene rings is 1. The normalized spacial score (nSPS) is 11.4. The number of nitrogens with zero attached hydrogens (tertiary/aromatic N) is 1. The van der Waals surface area contributed by atoms with Gasteiger partial charge in [-0.3, -0.25) is 4.72 Å². The van der Waals surface area contributed by atoms with E-state index in [1.54, 1.807) is 0 Å². The van der Waals surface area contributed by atoms with Crippen LogP contribution in [0.15, 0.2) is 46.1 Å². The number of halogens is 1. The van der Waals surface area contributed by atoms with Crippen LogP contribution in [-0.2, 0) is 10.0 Å². The van der Waals surface area contributed by atoms with Crippen LogP contribution in [-0.4, -0.2) is 24.5 Å². The molecule has 0 radical (unpaired) electrons. The number of nitrogens with one attached hydrogen (secondary N) is 1. The molecule has 124 valence electrons. The predicted molar refractivity (Wildman–Crippen MR) is 89.6 cm³/mol. The third-order valence-corrected chi connectivity index (χ3v) is 6.71. The summed E-state index contributed by atoms with van der Waals surface area (Å²) in [6, 6.07) is 6.79. The summed E-state index contributed by atoms with van der Waals surface area (Å²) in [5.41, 5.74) is 0.778. The zero-order valence-corrected chi connectivity index (χ0v) is 14.2. The molecule has 0 saturated carbocycles. The summed E-state index contributed by atoms with van der Waals surface area (Å²) in [4.78, 5) is 14.9. The molecule has 0 bridgehead atoms. The molecule has 2 N–H and O–H groups in total. The quantitative estimate of drug-likeness (QED) is 0.702. The Hall–Kier alpha value is -2.30. The Morgan fingerprint density at radius 2 is 1.96 bits per heavy atom. The zero-order chi connectivity index (χ0) is 17.3. The molecule has 2 heterocycles. The van der Waals surface area contributed by atoms with E-state index in [9.17, 15) is 17.6 Å². The number of carboxylic acids is 1. The molecule has 0 spiro atoms. The molecule has 1 aromatic carbocycles. The Labute approximate surface area is 144 Å². The first kappa shape index (κ1) is 16.6. The van der Waals surface area contributed by atoms with Crippen LogP contribution < -0.4 is 4.72 Å². The molecule has 0 aliphatic heterocycles. The molecule has 0 aliphatic rings. The van der Waals surface area contributed by atoms with E-state index in [-0.39, 0.29) is 14.8 Å². The first-order valence-electron chi connectivity index (χ1n) is 6.41. The van der Waals surface area contributed by atoms with Crippen molar-refractivity contribution in [2.75, 3.05) is 4.72 Å². The van der Waals surface area contributed by atoms with Crippen molar-refractivity contribution in [2.24, 2.45) is 0 Å². The lowest BCUT2D eigenvalue weighted by atomic mass is 10.2. The number of aromatic nitrogens is 1. The van der Waals surface area contributed by atoms with Crippen molar-refractivity contribution in [3.63, 3.8) is 0 Å². The summed E-state index contributed by atoms with van der Waals surface area (Å²) in [6.07, 6.45) is 1.20. The van der Waals surface area contributed by atoms with Gasteiger partial charge in [0.1, 0.15) is 15.7 Å². The summed E-state index contributed by atoms with van der Waals surface area (Å²) in [5, 5.41) is 10.7. The lowest BCUT2D eigenvalue weighted by Crippen LogP contribution is -2.10. The van der Waals surface area contributed by atoms with Gasteiger partial charge in [-0.15, -0.1) is 22.7 Å². The van der Waals surface area contributed by atoms with E-state index in [1.807, 2.05) is 0 Å². The van der Waals surface area contributed by atoms with Crippen molar-refractivity contribution in [3.05, 3.63) is 52.6 Å². The fourth-order valence-electron chi connectivity index (χ4n) is 1.82. The Kier molecular flexibility index (Phi) is 4.35. The third kappa shape index (κ3) is 3.45. The molecule has 0 atom stereocenters. The second-order valence-electron chi connectivity index (χ2n) is 4.60. The highest BCUT2D eigenvalue weighted by atomic mass is 32.2. The summed E-state index contributed by atoms with van der Waals surface area (Å²) in [7, 11) is -3.88. The van der Waals surface area contributed by atoms with Gasteiger partial charge in [-0.2, -0.15) is 0 Å². The molecule has 10 heteroatoms. The maximum atomic E-state index is 12.9. The van der Waals surface area contributed by atoms with Crippen molar-refractivity contribution < 1.29 is 22.7 Å². The summed E-state index contributed by atoms with van der Waals surface area (Å²) in [5.74, 6) is -1.52. The van der Waals surface area contributed by atoms with Gasteiger partial charge in [0.05, 0.1) is 11.9 Å². The molecule has 0 amide bonds. The Morgan fingerprint density at radius 1 is 1.25 bits per heavy atom. The van der Waals surface area contributed by atoms with E-state index < -0.39 is 21.8 Å². The number of sulfonamides is 1. The minimum absolute atomic E-state index is 0.0232. The van der Waals surface area contributed by atoms with Crippen molar-refractivity contribution in [3.8, 4) is 10.6 Å². The highest BCUT2D eigenvalue weighted by Gasteiger charge is 2.20. The lowest BCUT2D eigenvalue weighted by Gasteiger charge is -2.02. The molecule has 0 saturated heterocycles. The van der Waals surface area contributed by atoms with E-state index in [1.165, 1.54) is 41.9 Å². The van der Waals surface area contributed by atoms with E-state index >= 15 is 0 Å². The molecule has 6 nitrogen and oxygen atoms in total. The standard InChI is InChI=1S/C14H9FN2O4S3/c15-9-3-1-8(2-4-9)13-16-6-12(23-13)24(20,21)17-10-5-11(14(18)19)22-7-10/h1-7,17H,(H,18,19). The van der Waals surface area contributed by atoms with Crippen LogP contribution >= 0.6 is 22.7 Å². The number of carbonyl (C=O) groups is 1. The highest BCUT2D eigenvalue weighted by molar-refractivity contribution is 7.94. The van der Waals surface area contributed by atoms with Crippen LogP contribution in [0.2, 0.25) is 0 Å². The maximum absolute atomic E-state index is 12.9. The molecule has 3 rings (SSSR count). The molecular formula is C14H9FN2O4S3. The number of carboxylic acid groups (broad SMARTS) is 1. The Bertz CT molecular complexity index is 993. The van der Waals surface area contributed by atoms with E-state index in [0.29, 0.717) is 10.6 Å². The number of thiazole rings is 1. The van der Waals surface area contributed by atoms with Crippen LogP contribution in [0, 0.1) is 5.82 Å². The molecular weight excluding hydrogens is 375 g/mol. The molecule has 24 heavy (non-hydrogen) atoms. The summed E-state index contributed by atoms with van der Waals surface area (Å²) >= 11 is 1.86. The second-order valence-corrected chi connectivity index (χ2v) is 8.45. The van der Waals surface area contributed by atoms with Crippen molar-refractivity contribution >= 4 is 44.4 Å². The Morgan fingerprint density at radius 3 is 2.58 bits per heavy atom. The molecule has 0 aliphatic carbocycles. The van der Waals surface area contributed by atoms with Crippen LogP contribution in [0.25, 0.3) is 10.6 Å². The van der Waals surface area contributed by atoms with Gasteiger partial charge < -0.3 is 5.11 Å². The molecule has 3 aromatic rings. The summed E-state index contributed by atoms with van der Waals surface area (Å²) < 4.78 is 39.9. The fourth-order valence-corrected chi connectivity index (χ4v) is 4.74. The predicted octanol–water partition coefficient (Wildman–Crippen LogP) is 3.51. The lowest BCUT2D eigenvalue weighted by molar-refractivity contribution is 0.0702. The van der Waals surface area contributed by atoms with Crippen LogP contribution in [0.5, 0.6) is 0 Å². The van der Waals surface area contributed by atoms with Gasteiger partial charge in [0.25, 0.3) is 10.0 Å². The minimum Gasteiger partial charge on any atom is -0.477 e. The smallest absolute Gasteiger partial charge is 0.345 e. The molecule has 0 fully saturated rings. The van der Waals surface area contributed by atoms with Gasteiger partial charge in [0, 0.05) is 10.9 Å². The number of hydrogen-bond donors (Lipinski definition) is 2. The number of rotatable bonds is 5. The van der Waals surface area contributed by atoms with Crippen molar-refractivity contribution in [1.29, 1.82) is 0 Å². The van der Waals surface area contributed by atoms with Crippen LogP contribution in [0.4, 0.5) is 10.1 Å². The largest absolute Gasteiger partial charge is 0.477 e. The average Bonchev–Trinajstić information content (AvgIpc) is 3.17. The molecule has 0 unspecified atom stereocenters. The SMILES string of the molecule is O=C(O)c1cc(NS(=O)(=O)c2cnc(-c3ccc(F)cc3)s2)cs1. The molecule has 2 aromatic heterocycles. The minimum atomic E-state index is -3.88. The van der Waals surface area contributed by atoms with Crippen molar-refractivity contribution in [2.45, 2.75) is 4.21 Å². The highest BCUT2D eigenvalue weighted by Crippen LogP contribution is 2.30. The number of anilines is 1. The van der Waals surface area contributed by atoms with E-state index in [4.69, 9.17) is 5.11 Å². The Balaban J connectivity index is 1.84. The monoisotopic (exact) mass is 384 g/mol. The summed E-state index contributed by atoms with van der Waals surface area (Å²) in [6.45, 7) is 0. The average molecular weight is 384 g/mol.